The van der Waals surface area contributed by atoms with Crippen LogP contribution < -0.4 is 0 Å². The van der Waals surface area contributed by atoms with Crippen molar-refractivity contribution in [2.45, 2.75) is 12.8 Å². The van der Waals surface area contributed by atoms with Crippen molar-refractivity contribution >= 4 is 11.9 Å². The summed E-state index contributed by atoms with van der Waals surface area (Å²) in [7, 11) is 1.75. The molecule has 17 heavy (non-hydrogen) atoms. The second kappa shape index (κ2) is 4.57. The maximum Gasteiger partial charge on any atom is 0.308 e. The second-order valence-electron chi connectivity index (χ2n) is 4.29. The minimum Gasteiger partial charge on any atom is -0.481 e. The third kappa shape index (κ3) is 2.30. The zero-order chi connectivity index (χ0) is 12.4. The summed E-state index contributed by atoms with van der Waals surface area (Å²) < 4.78 is 1.65. The van der Waals surface area contributed by atoms with Gasteiger partial charge in [-0.25, -0.2) is 4.98 Å². The Morgan fingerprint density at radius 3 is 2.88 bits per heavy atom. The average Bonchev–Trinajstić information content (AvgIpc) is 2.74. The number of likely N-dealkylation sites (tertiary alicyclic amines) is 1. The molecule has 1 aromatic rings. The highest BCUT2D eigenvalue weighted by Crippen LogP contribution is 2.18. The van der Waals surface area contributed by atoms with Gasteiger partial charge < -0.3 is 14.6 Å². The molecule has 2 heterocycles. The van der Waals surface area contributed by atoms with Gasteiger partial charge in [0.1, 0.15) is 0 Å². The van der Waals surface area contributed by atoms with Crippen molar-refractivity contribution in [2.24, 2.45) is 13.0 Å². The molecule has 1 N–H and O–H groups in total. The van der Waals surface area contributed by atoms with Crippen LogP contribution in [0, 0.1) is 5.92 Å². The second-order valence-corrected chi connectivity index (χ2v) is 4.29. The lowest BCUT2D eigenvalue weighted by Crippen LogP contribution is -2.43. The van der Waals surface area contributed by atoms with Gasteiger partial charge in [0.15, 0.2) is 5.82 Å². The number of aliphatic carboxylic acids is 1. The summed E-state index contributed by atoms with van der Waals surface area (Å²) in [5, 5.41) is 8.96. The van der Waals surface area contributed by atoms with E-state index in [-0.39, 0.29) is 12.5 Å². The fraction of sp³-hybridized carbons (Fsp3) is 0.545. The highest BCUT2D eigenvalue weighted by molar-refractivity contribution is 5.91. The lowest BCUT2D eigenvalue weighted by atomic mass is 9.98. The van der Waals surface area contributed by atoms with Gasteiger partial charge in [-0.1, -0.05) is 0 Å². The van der Waals surface area contributed by atoms with Gasteiger partial charge in [0, 0.05) is 32.5 Å². The van der Waals surface area contributed by atoms with Crippen LogP contribution in [-0.2, 0) is 11.8 Å². The van der Waals surface area contributed by atoms with Crippen molar-refractivity contribution < 1.29 is 14.7 Å². The van der Waals surface area contributed by atoms with E-state index in [0.29, 0.717) is 18.8 Å². The van der Waals surface area contributed by atoms with E-state index in [1.54, 1.807) is 28.9 Å². The van der Waals surface area contributed by atoms with Crippen molar-refractivity contribution in [3.8, 4) is 0 Å². The van der Waals surface area contributed by atoms with E-state index in [2.05, 4.69) is 4.98 Å². The number of aryl methyl sites for hydroxylation is 1. The number of hydrogen-bond donors (Lipinski definition) is 1. The molecule has 1 unspecified atom stereocenters. The lowest BCUT2D eigenvalue weighted by molar-refractivity contribution is -0.143. The van der Waals surface area contributed by atoms with Crippen molar-refractivity contribution in [1.82, 2.24) is 14.5 Å². The highest BCUT2D eigenvalue weighted by atomic mass is 16.4. The Morgan fingerprint density at radius 1 is 1.53 bits per heavy atom. The van der Waals surface area contributed by atoms with Crippen molar-refractivity contribution in [2.75, 3.05) is 13.1 Å². The summed E-state index contributed by atoms with van der Waals surface area (Å²) in [6.07, 6.45) is 4.63. The van der Waals surface area contributed by atoms with Gasteiger partial charge in [-0.3, -0.25) is 9.59 Å². The predicted octanol–water partition coefficient (Wildman–Crippen LogP) is 0.357. The van der Waals surface area contributed by atoms with Crippen molar-refractivity contribution in [3.05, 3.63) is 18.2 Å². The summed E-state index contributed by atoms with van der Waals surface area (Å²) in [5.74, 6) is -1.12. The maximum absolute atomic E-state index is 12.1. The van der Waals surface area contributed by atoms with Crippen LogP contribution in [0.3, 0.4) is 0 Å². The minimum atomic E-state index is -0.831. The Bertz CT molecular complexity index is 441. The number of imidazole rings is 1. The molecule has 1 atom stereocenters. The fourth-order valence-corrected chi connectivity index (χ4v) is 2.08. The Balaban J connectivity index is 2.10. The molecular formula is C11H15N3O3. The fourth-order valence-electron chi connectivity index (χ4n) is 2.08. The van der Waals surface area contributed by atoms with Crippen LogP contribution in [0.5, 0.6) is 0 Å². The molecule has 1 aromatic heterocycles. The number of rotatable bonds is 2. The Labute approximate surface area is 98.9 Å². The SMILES string of the molecule is Cn1ccnc1C(=O)N1CCCC(C(=O)O)C1. The number of carboxylic acids is 1. The molecular weight excluding hydrogens is 222 g/mol. The van der Waals surface area contributed by atoms with Crippen LogP contribution in [0.4, 0.5) is 0 Å². The number of carbonyl (C=O) groups excluding carboxylic acids is 1. The van der Waals surface area contributed by atoms with Crippen LogP contribution in [-0.4, -0.2) is 44.5 Å². The normalized spacial score (nSPS) is 20.3. The summed E-state index contributed by atoms with van der Waals surface area (Å²) >= 11 is 0. The lowest BCUT2D eigenvalue weighted by Gasteiger charge is -2.30. The minimum absolute atomic E-state index is 0.191. The van der Waals surface area contributed by atoms with Crippen molar-refractivity contribution in [1.29, 1.82) is 0 Å². The number of aromatic nitrogens is 2. The molecule has 0 spiro atoms. The van der Waals surface area contributed by atoms with Gasteiger partial charge in [0.25, 0.3) is 5.91 Å². The van der Waals surface area contributed by atoms with E-state index >= 15 is 0 Å². The first-order chi connectivity index (χ1) is 8.09. The van der Waals surface area contributed by atoms with E-state index in [4.69, 9.17) is 5.11 Å². The molecule has 0 bridgehead atoms. The number of hydrogen-bond acceptors (Lipinski definition) is 3. The summed E-state index contributed by atoms with van der Waals surface area (Å²) in [4.78, 5) is 28.6. The zero-order valence-corrected chi connectivity index (χ0v) is 9.67. The molecule has 1 saturated heterocycles. The highest BCUT2D eigenvalue weighted by Gasteiger charge is 2.29. The average molecular weight is 237 g/mol. The molecule has 6 heteroatoms. The van der Waals surface area contributed by atoms with Gasteiger partial charge in [0.2, 0.25) is 0 Å². The molecule has 0 aliphatic carbocycles. The smallest absolute Gasteiger partial charge is 0.308 e. The number of amides is 1. The standard InChI is InChI=1S/C11H15N3O3/c1-13-6-4-12-9(13)10(15)14-5-2-3-8(7-14)11(16)17/h4,6,8H,2-3,5,7H2,1H3,(H,16,17). The first-order valence-corrected chi connectivity index (χ1v) is 5.59. The predicted molar refractivity (Wildman–Crippen MR) is 59.5 cm³/mol. The van der Waals surface area contributed by atoms with Gasteiger partial charge in [-0.2, -0.15) is 0 Å². The molecule has 1 aliphatic rings. The van der Waals surface area contributed by atoms with E-state index in [1.165, 1.54) is 0 Å². The monoisotopic (exact) mass is 237 g/mol. The third-order valence-electron chi connectivity index (χ3n) is 3.07. The first-order valence-electron chi connectivity index (χ1n) is 5.59. The molecule has 0 saturated carbocycles. The van der Waals surface area contributed by atoms with Gasteiger partial charge in [-0.15, -0.1) is 0 Å². The quantitative estimate of drug-likeness (QED) is 0.805. The Hall–Kier alpha value is -1.85. The molecule has 2 rings (SSSR count). The first kappa shape index (κ1) is 11.6. The van der Waals surface area contributed by atoms with Crippen LogP contribution >= 0.6 is 0 Å². The number of carbonyl (C=O) groups is 2. The van der Waals surface area contributed by atoms with Crippen LogP contribution in [0.25, 0.3) is 0 Å². The van der Waals surface area contributed by atoms with Crippen LogP contribution in [0.1, 0.15) is 23.5 Å². The van der Waals surface area contributed by atoms with E-state index in [1.807, 2.05) is 0 Å². The number of nitrogens with zero attached hydrogens (tertiary/aromatic N) is 3. The molecule has 0 radical (unpaired) electrons. The van der Waals surface area contributed by atoms with Gasteiger partial charge >= 0.3 is 5.97 Å². The van der Waals surface area contributed by atoms with Gasteiger partial charge in [0.05, 0.1) is 5.92 Å². The van der Waals surface area contributed by atoms with Crippen molar-refractivity contribution in [3.63, 3.8) is 0 Å². The topological polar surface area (TPSA) is 75.4 Å². The third-order valence-corrected chi connectivity index (χ3v) is 3.07. The van der Waals surface area contributed by atoms with Gasteiger partial charge in [-0.05, 0) is 12.8 Å². The summed E-state index contributed by atoms with van der Waals surface area (Å²) in [6.45, 7) is 0.885. The Morgan fingerprint density at radius 2 is 2.29 bits per heavy atom. The number of carboxylic acid groups (broad SMARTS) is 1. The molecule has 1 fully saturated rings. The molecule has 0 aromatic carbocycles. The van der Waals surface area contributed by atoms with E-state index in [9.17, 15) is 9.59 Å². The van der Waals surface area contributed by atoms with Crippen LogP contribution in [0.15, 0.2) is 12.4 Å². The number of piperidine rings is 1. The summed E-state index contributed by atoms with van der Waals surface area (Å²) in [6, 6.07) is 0. The Kier molecular flexibility index (Phi) is 3.12. The molecule has 1 amide bonds. The van der Waals surface area contributed by atoms with E-state index < -0.39 is 11.9 Å². The van der Waals surface area contributed by atoms with E-state index in [0.717, 1.165) is 6.42 Å². The zero-order valence-electron chi connectivity index (χ0n) is 9.67. The van der Waals surface area contributed by atoms with Crippen LogP contribution in [0.2, 0.25) is 0 Å². The molecule has 92 valence electrons. The molecule has 1 aliphatic heterocycles. The molecule has 6 nitrogen and oxygen atoms in total. The largest absolute Gasteiger partial charge is 0.481 e. The summed E-state index contributed by atoms with van der Waals surface area (Å²) in [5.41, 5.74) is 0. The maximum atomic E-state index is 12.1.